The summed E-state index contributed by atoms with van der Waals surface area (Å²) in [5.41, 5.74) is 3.78. The maximum Gasteiger partial charge on any atom is 0.335 e. The van der Waals surface area contributed by atoms with Crippen molar-refractivity contribution < 1.29 is 61.8 Å². The van der Waals surface area contributed by atoms with E-state index in [9.17, 15) is 14.4 Å². The summed E-state index contributed by atoms with van der Waals surface area (Å²) >= 11 is 0. The van der Waals surface area contributed by atoms with Crippen LogP contribution >= 0.6 is 0 Å². The van der Waals surface area contributed by atoms with Crippen LogP contribution < -0.4 is 18.9 Å². The summed E-state index contributed by atoms with van der Waals surface area (Å²) in [6.07, 6.45) is 1.80. The first-order chi connectivity index (χ1) is 27.1. The van der Waals surface area contributed by atoms with Crippen molar-refractivity contribution in [3.8, 4) is 45.3 Å². The number of carbonyl (C=O) groups is 3. The number of carbonyl (C=O) groups excluding carboxylic acids is 3. The molecular weight excluding hydrogens is 724 g/mol. The fourth-order valence-electron chi connectivity index (χ4n) is 4.92. The first-order valence-corrected chi connectivity index (χ1v) is 18.0. The highest BCUT2D eigenvalue weighted by molar-refractivity contribution is 5.89. The Bertz CT molecular complexity index is 1750. The fourth-order valence-corrected chi connectivity index (χ4v) is 4.92. The molecule has 0 radical (unpaired) electrons. The molecular formula is C43H52O13. The number of methoxy groups -OCH3 is 3. The van der Waals surface area contributed by atoms with E-state index in [1.807, 2.05) is 48.5 Å². The third kappa shape index (κ3) is 14.9. The molecule has 0 fully saturated rings. The lowest BCUT2D eigenvalue weighted by Crippen LogP contribution is -2.16. The van der Waals surface area contributed by atoms with Gasteiger partial charge in [0.25, 0.3) is 0 Å². The van der Waals surface area contributed by atoms with Gasteiger partial charge in [-0.3, -0.25) is 0 Å². The number of benzene rings is 3. The van der Waals surface area contributed by atoms with E-state index in [-0.39, 0.29) is 76.2 Å². The zero-order chi connectivity index (χ0) is 40.7. The quantitative estimate of drug-likeness (QED) is 0.0357. The van der Waals surface area contributed by atoms with Crippen LogP contribution in [0, 0.1) is 0 Å². The van der Waals surface area contributed by atoms with E-state index in [0.717, 1.165) is 35.1 Å². The third-order valence-corrected chi connectivity index (χ3v) is 7.73. The van der Waals surface area contributed by atoms with Gasteiger partial charge in [-0.05, 0) is 53.9 Å². The predicted molar refractivity (Wildman–Crippen MR) is 210 cm³/mol. The second-order valence-electron chi connectivity index (χ2n) is 12.2. The molecule has 56 heavy (non-hydrogen) atoms. The van der Waals surface area contributed by atoms with Crippen molar-refractivity contribution >= 4 is 17.9 Å². The van der Waals surface area contributed by atoms with Gasteiger partial charge in [-0.15, -0.1) is 0 Å². The highest BCUT2D eigenvalue weighted by Gasteiger charge is 2.17. The van der Waals surface area contributed by atoms with Gasteiger partial charge >= 0.3 is 17.9 Å². The topological polar surface area (TPSA) is 144 Å². The van der Waals surface area contributed by atoms with Crippen molar-refractivity contribution in [2.75, 3.05) is 87.4 Å². The summed E-state index contributed by atoms with van der Waals surface area (Å²) < 4.78 is 54.7. The maximum absolute atomic E-state index is 12.3. The van der Waals surface area contributed by atoms with Crippen molar-refractivity contribution in [2.45, 2.75) is 19.8 Å². The van der Waals surface area contributed by atoms with E-state index < -0.39 is 17.9 Å². The van der Waals surface area contributed by atoms with Crippen LogP contribution in [0.5, 0.6) is 23.0 Å². The van der Waals surface area contributed by atoms with Gasteiger partial charge in [0.1, 0.15) is 62.6 Å². The molecule has 0 aliphatic rings. The summed E-state index contributed by atoms with van der Waals surface area (Å²) in [5.74, 6) is 0.649. The van der Waals surface area contributed by atoms with Crippen LogP contribution in [-0.2, 0) is 42.8 Å². The van der Waals surface area contributed by atoms with Crippen molar-refractivity contribution in [3.05, 3.63) is 97.1 Å². The van der Waals surface area contributed by atoms with E-state index in [1.165, 1.54) is 21.3 Å². The average Bonchev–Trinajstić information content (AvgIpc) is 3.20. The van der Waals surface area contributed by atoms with Crippen molar-refractivity contribution in [2.24, 2.45) is 0 Å². The van der Waals surface area contributed by atoms with Gasteiger partial charge in [-0.2, -0.15) is 0 Å². The first kappa shape index (κ1) is 44.8. The summed E-state index contributed by atoms with van der Waals surface area (Å²) in [5, 5.41) is 0. The molecule has 3 aromatic carbocycles. The normalized spacial score (nSPS) is 10.6. The Kier molecular flexibility index (Phi) is 19.8. The maximum atomic E-state index is 12.3. The molecule has 3 aromatic rings. The van der Waals surface area contributed by atoms with Gasteiger partial charge in [0.2, 0.25) is 0 Å². The van der Waals surface area contributed by atoms with Crippen LogP contribution in [0.3, 0.4) is 0 Å². The molecule has 13 nitrogen and oxygen atoms in total. The zero-order valence-corrected chi connectivity index (χ0v) is 32.7. The Balaban J connectivity index is 1.84. The Morgan fingerprint density at radius 2 is 0.821 bits per heavy atom. The van der Waals surface area contributed by atoms with E-state index in [2.05, 4.69) is 26.7 Å². The smallest absolute Gasteiger partial charge is 0.335 e. The van der Waals surface area contributed by atoms with E-state index in [1.54, 1.807) is 12.1 Å². The third-order valence-electron chi connectivity index (χ3n) is 7.73. The SMILES string of the molecule is C=C(COC)C(=O)OCCOc1ccc(-c2cc(OCCOC(=O)C(=C)COC)c(-c3ccc(OCCOC(=O)C(=C)COC)cc3)cc2OCCCC)cc1. The Morgan fingerprint density at radius 1 is 0.482 bits per heavy atom. The monoisotopic (exact) mass is 776 g/mol. The molecule has 0 saturated heterocycles. The summed E-state index contributed by atoms with van der Waals surface area (Å²) in [6, 6.07) is 18.6. The minimum Gasteiger partial charge on any atom is -0.493 e. The standard InChI is InChI=1S/C43H52O13/c1-8-9-18-52-39-25-38(34-12-16-36(17-13-34)51-20-23-55-42(45)31(3)28-48-6)40(53-21-24-56-43(46)32(4)29-49-7)26-37(39)33-10-14-35(15-11-33)50-19-22-54-41(44)30(2)27-47-5/h10-17,25-26H,2-4,8-9,18-24,27-29H2,1,5-7H3. The number of rotatable bonds is 27. The van der Waals surface area contributed by atoms with Crippen molar-refractivity contribution in [1.82, 2.24) is 0 Å². The van der Waals surface area contributed by atoms with Gasteiger partial charge in [0, 0.05) is 32.5 Å². The molecule has 0 aliphatic heterocycles. The lowest BCUT2D eigenvalue weighted by atomic mass is 9.97. The number of unbranched alkanes of at least 4 members (excludes halogenated alkanes) is 1. The Labute approximate surface area is 328 Å². The number of hydrogen-bond donors (Lipinski definition) is 0. The number of esters is 3. The van der Waals surface area contributed by atoms with Gasteiger partial charge in [0.15, 0.2) is 0 Å². The van der Waals surface area contributed by atoms with Crippen LogP contribution in [0.4, 0.5) is 0 Å². The second-order valence-corrected chi connectivity index (χ2v) is 12.2. The summed E-state index contributed by atoms with van der Waals surface area (Å²) in [7, 11) is 4.42. The summed E-state index contributed by atoms with van der Waals surface area (Å²) in [6.45, 7) is 14.2. The molecule has 0 bridgehead atoms. The molecule has 3 rings (SSSR count). The average molecular weight is 777 g/mol. The minimum absolute atomic E-state index is 0.0247. The van der Waals surface area contributed by atoms with Crippen LogP contribution in [0.15, 0.2) is 97.1 Å². The molecule has 0 amide bonds. The lowest BCUT2D eigenvalue weighted by molar-refractivity contribution is -0.141. The molecule has 0 atom stereocenters. The molecule has 0 aliphatic carbocycles. The fraction of sp³-hybridized carbons (Fsp3) is 0.372. The zero-order valence-electron chi connectivity index (χ0n) is 32.7. The van der Waals surface area contributed by atoms with E-state index in [4.69, 9.17) is 47.4 Å². The Morgan fingerprint density at radius 3 is 1.16 bits per heavy atom. The van der Waals surface area contributed by atoms with Gasteiger partial charge in [-0.25, -0.2) is 14.4 Å². The van der Waals surface area contributed by atoms with Crippen LogP contribution in [0.1, 0.15) is 19.8 Å². The van der Waals surface area contributed by atoms with Crippen LogP contribution in [-0.4, -0.2) is 105 Å². The lowest BCUT2D eigenvalue weighted by Gasteiger charge is -2.19. The second kappa shape index (κ2) is 24.7. The largest absolute Gasteiger partial charge is 0.493 e. The number of ether oxygens (including phenoxy) is 10. The van der Waals surface area contributed by atoms with E-state index >= 15 is 0 Å². The summed E-state index contributed by atoms with van der Waals surface area (Å²) in [4.78, 5) is 36.2. The van der Waals surface area contributed by atoms with Gasteiger partial charge < -0.3 is 47.4 Å². The van der Waals surface area contributed by atoms with Crippen LogP contribution in [0.25, 0.3) is 22.3 Å². The van der Waals surface area contributed by atoms with Gasteiger partial charge in [0.05, 0.1) is 43.1 Å². The first-order valence-electron chi connectivity index (χ1n) is 18.0. The molecule has 13 heteroatoms. The Hall–Kier alpha value is -5.63. The van der Waals surface area contributed by atoms with E-state index in [0.29, 0.717) is 29.6 Å². The minimum atomic E-state index is -0.571. The highest BCUT2D eigenvalue weighted by atomic mass is 16.6. The molecule has 0 saturated carbocycles. The van der Waals surface area contributed by atoms with Crippen LogP contribution in [0.2, 0.25) is 0 Å². The van der Waals surface area contributed by atoms with Crippen molar-refractivity contribution in [1.29, 1.82) is 0 Å². The molecule has 302 valence electrons. The molecule has 0 aromatic heterocycles. The highest BCUT2D eigenvalue weighted by Crippen LogP contribution is 2.42. The molecule has 0 unspecified atom stereocenters. The molecule has 0 N–H and O–H groups in total. The predicted octanol–water partition coefficient (Wildman–Crippen LogP) is 6.57. The molecule has 0 heterocycles. The molecule has 0 spiro atoms. The van der Waals surface area contributed by atoms with Gasteiger partial charge in [-0.1, -0.05) is 57.3 Å². The van der Waals surface area contributed by atoms with Crippen molar-refractivity contribution in [3.63, 3.8) is 0 Å². The number of hydrogen-bond acceptors (Lipinski definition) is 13.